The molecule has 1 aliphatic carbocycles. The molecule has 30 heavy (non-hydrogen) atoms. The van der Waals surface area contributed by atoms with Gasteiger partial charge in [0.15, 0.2) is 0 Å². The Kier molecular flexibility index (Phi) is 6.68. The third-order valence-electron chi connectivity index (χ3n) is 5.78. The minimum atomic E-state index is -4.19. The Hall–Kier alpha value is -2.57. The Morgan fingerprint density at radius 2 is 1.90 bits per heavy atom. The van der Waals surface area contributed by atoms with Gasteiger partial charge in [-0.05, 0) is 51.7 Å². The number of rotatable bonds is 5. The number of alkyl halides is 3. The first kappa shape index (κ1) is 22.1. The number of carbonyl (C=O) groups excluding carboxylic acids is 1. The molecular weight excluding hydrogens is 391 g/mol. The van der Waals surface area contributed by atoms with Gasteiger partial charge in [0.2, 0.25) is 5.91 Å². The lowest BCUT2D eigenvalue weighted by Crippen LogP contribution is -2.41. The molecule has 3 rings (SSSR count). The Balaban J connectivity index is 1.63. The Bertz CT molecular complexity index is 913. The van der Waals surface area contributed by atoms with Crippen LogP contribution in [0.5, 0.6) is 0 Å². The quantitative estimate of drug-likeness (QED) is 0.685. The van der Waals surface area contributed by atoms with E-state index in [0.717, 1.165) is 22.5 Å². The first-order chi connectivity index (χ1) is 14.1. The van der Waals surface area contributed by atoms with Gasteiger partial charge in [-0.1, -0.05) is 36.2 Å². The Labute approximate surface area is 175 Å². The molecule has 4 nitrogen and oxygen atoms in total. The van der Waals surface area contributed by atoms with E-state index in [1.807, 2.05) is 25.5 Å². The fourth-order valence-corrected chi connectivity index (χ4v) is 4.00. The molecule has 1 aromatic heterocycles. The molecule has 1 N–H and O–H groups in total. The number of hydrogen-bond donors (Lipinski definition) is 1. The topological polar surface area (TPSA) is 46.9 Å². The van der Waals surface area contributed by atoms with Crippen LogP contribution in [0.2, 0.25) is 0 Å². The van der Waals surface area contributed by atoms with Gasteiger partial charge in [-0.25, -0.2) is 0 Å². The van der Waals surface area contributed by atoms with Gasteiger partial charge < -0.3 is 5.32 Å². The second-order valence-electron chi connectivity index (χ2n) is 8.17. The molecule has 7 heteroatoms. The van der Waals surface area contributed by atoms with Crippen molar-refractivity contribution < 1.29 is 18.0 Å². The molecule has 162 valence electrons. The lowest BCUT2D eigenvalue weighted by atomic mass is 9.85. The molecule has 0 aliphatic heterocycles. The summed E-state index contributed by atoms with van der Waals surface area (Å²) < 4.78 is 40.8. The summed E-state index contributed by atoms with van der Waals surface area (Å²) in [5.74, 6) is -1.70. The molecule has 1 aromatic carbocycles. The molecule has 1 saturated carbocycles. The average Bonchev–Trinajstić information content (AvgIpc) is 2.94. The summed E-state index contributed by atoms with van der Waals surface area (Å²) in [4.78, 5) is 12.3. The number of aryl methyl sites for hydroxylation is 2. The number of benzene rings is 1. The molecule has 0 bridgehead atoms. The zero-order valence-corrected chi connectivity index (χ0v) is 17.6. The van der Waals surface area contributed by atoms with Crippen molar-refractivity contribution in [3.05, 3.63) is 58.4 Å². The van der Waals surface area contributed by atoms with Crippen molar-refractivity contribution in [3.63, 3.8) is 0 Å². The van der Waals surface area contributed by atoms with Crippen LogP contribution in [0.15, 0.2) is 30.3 Å². The van der Waals surface area contributed by atoms with E-state index in [2.05, 4.69) is 34.7 Å². The minimum absolute atomic E-state index is 0.0460. The second kappa shape index (κ2) is 9.06. The molecular formula is C23H28F3N3O. The van der Waals surface area contributed by atoms with Crippen LogP contribution >= 0.6 is 0 Å². The molecule has 1 amide bonds. The van der Waals surface area contributed by atoms with Gasteiger partial charge in [-0.3, -0.25) is 9.48 Å². The van der Waals surface area contributed by atoms with E-state index in [-0.39, 0.29) is 18.7 Å². The van der Waals surface area contributed by atoms with Crippen molar-refractivity contribution in [3.8, 4) is 0 Å². The van der Waals surface area contributed by atoms with Gasteiger partial charge in [-0.15, -0.1) is 0 Å². The number of nitrogens with zero attached hydrogens (tertiary/aromatic N) is 2. The van der Waals surface area contributed by atoms with E-state index in [9.17, 15) is 18.0 Å². The van der Waals surface area contributed by atoms with E-state index < -0.39 is 18.1 Å². The van der Waals surface area contributed by atoms with Crippen LogP contribution in [0, 0.1) is 26.7 Å². The number of carbonyl (C=O) groups is 1. The molecule has 1 heterocycles. The maximum Gasteiger partial charge on any atom is 0.391 e. The maximum absolute atomic E-state index is 13.0. The third kappa shape index (κ3) is 5.52. The zero-order valence-electron chi connectivity index (χ0n) is 17.6. The molecule has 0 radical (unpaired) electrons. The molecule has 0 saturated heterocycles. The van der Waals surface area contributed by atoms with Crippen molar-refractivity contribution in [1.82, 2.24) is 15.1 Å². The first-order valence-electron chi connectivity index (χ1n) is 10.3. The summed E-state index contributed by atoms with van der Waals surface area (Å²) in [6, 6.07) is 7.80. The largest absolute Gasteiger partial charge is 0.391 e. The summed E-state index contributed by atoms with van der Waals surface area (Å²) in [6.07, 6.45) is 0.0497. The van der Waals surface area contributed by atoms with Crippen LogP contribution in [0.25, 0.3) is 6.08 Å². The average molecular weight is 419 g/mol. The Morgan fingerprint density at radius 3 is 2.57 bits per heavy atom. The lowest BCUT2D eigenvalue weighted by Gasteiger charge is -2.30. The van der Waals surface area contributed by atoms with Crippen molar-refractivity contribution >= 4 is 12.0 Å². The van der Waals surface area contributed by atoms with E-state index in [1.54, 1.807) is 6.08 Å². The zero-order chi connectivity index (χ0) is 21.9. The SMILES string of the molecule is Cc1ccc(Cn2nc(C)c(/C=C/C(=O)NC3CCCC(C(F)(F)F)C3)c2C)cc1. The van der Waals surface area contributed by atoms with Crippen LogP contribution in [-0.4, -0.2) is 27.9 Å². The number of amides is 1. The minimum Gasteiger partial charge on any atom is -0.350 e. The number of hydrogen-bond acceptors (Lipinski definition) is 2. The first-order valence-corrected chi connectivity index (χ1v) is 10.3. The van der Waals surface area contributed by atoms with E-state index in [0.29, 0.717) is 19.4 Å². The van der Waals surface area contributed by atoms with Gasteiger partial charge in [0.25, 0.3) is 0 Å². The summed E-state index contributed by atoms with van der Waals surface area (Å²) >= 11 is 0. The second-order valence-corrected chi connectivity index (χ2v) is 8.17. The maximum atomic E-state index is 13.0. The molecule has 1 fully saturated rings. The third-order valence-corrected chi connectivity index (χ3v) is 5.78. The van der Waals surface area contributed by atoms with Gasteiger partial charge in [0.1, 0.15) is 0 Å². The highest BCUT2D eigenvalue weighted by molar-refractivity contribution is 5.92. The van der Waals surface area contributed by atoms with Crippen LogP contribution in [0.1, 0.15) is 53.8 Å². The smallest absolute Gasteiger partial charge is 0.350 e. The standard InChI is InChI=1S/C23H28F3N3O/c1-15-7-9-18(10-8-15)14-29-17(3)21(16(2)28-29)11-12-22(30)27-20-6-4-5-19(13-20)23(24,25)26/h7-12,19-20H,4-6,13-14H2,1-3H3,(H,27,30)/b12-11+. The molecule has 2 atom stereocenters. The van der Waals surface area contributed by atoms with Crippen LogP contribution in [-0.2, 0) is 11.3 Å². The summed E-state index contributed by atoms with van der Waals surface area (Å²) in [5, 5.41) is 7.30. The fraction of sp³-hybridized carbons (Fsp3) is 0.478. The number of halogens is 3. The highest BCUT2D eigenvalue weighted by Crippen LogP contribution is 2.37. The van der Waals surface area contributed by atoms with Crippen LogP contribution < -0.4 is 5.32 Å². The summed E-state index contributed by atoms with van der Waals surface area (Å²) in [6.45, 7) is 6.50. The van der Waals surface area contributed by atoms with E-state index in [1.165, 1.54) is 11.6 Å². The monoisotopic (exact) mass is 419 g/mol. The van der Waals surface area contributed by atoms with Crippen molar-refractivity contribution in [2.24, 2.45) is 5.92 Å². The van der Waals surface area contributed by atoms with Crippen molar-refractivity contribution in [2.45, 2.75) is 65.2 Å². The van der Waals surface area contributed by atoms with Gasteiger partial charge in [0, 0.05) is 23.4 Å². The lowest BCUT2D eigenvalue weighted by molar-refractivity contribution is -0.184. The molecule has 2 aromatic rings. The van der Waals surface area contributed by atoms with Crippen LogP contribution in [0.4, 0.5) is 13.2 Å². The molecule has 2 unspecified atom stereocenters. The summed E-state index contributed by atoms with van der Waals surface area (Å²) in [5.41, 5.74) is 4.93. The van der Waals surface area contributed by atoms with Gasteiger partial charge >= 0.3 is 6.18 Å². The highest BCUT2D eigenvalue weighted by atomic mass is 19.4. The van der Waals surface area contributed by atoms with Crippen LogP contribution in [0.3, 0.4) is 0 Å². The van der Waals surface area contributed by atoms with Gasteiger partial charge in [0.05, 0.1) is 18.2 Å². The Morgan fingerprint density at radius 1 is 1.20 bits per heavy atom. The molecule has 0 spiro atoms. The van der Waals surface area contributed by atoms with Crippen molar-refractivity contribution in [1.29, 1.82) is 0 Å². The van der Waals surface area contributed by atoms with E-state index >= 15 is 0 Å². The normalized spacial score (nSPS) is 19.9. The summed E-state index contributed by atoms with van der Waals surface area (Å²) in [7, 11) is 0. The predicted octanol–water partition coefficient (Wildman–Crippen LogP) is 5.11. The predicted molar refractivity (Wildman–Crippen MR) is 111 cm³/mol. The fourth-order valence-electron chi connectivity index (χ4n) is 4.00. The molecule has 1 aliphatic rings. The van der Waals surface area contributed by atoms with E-state index in [4.69, 9.17) is 0 Å². The van der Waals surface area contributed by atoms with Crippen molar-refractivity contribution in [2.75, 3.05) is 0 Å². The number of nitrogens with one attached hydrogen (secondary N) is 1. The number of aromatic nitrogens is 2. The van der Waals surface area contributed by atoms with Gasteiger partial charge in [-0.2, -0.15) is 18.3 Å². The highest BCUT2D eigenvalue weighted by Gasteiger charge is 2.42.